The van der Waals surface area contributed by atoms with Gasteiger partial charge in [-0.1, -0.05) is 37.5 Å². The van der Waals surface area contributed by atoms with E-state index in [0.717, 1.165) is 11.4 Å². The fourth-order valence-corrected chi connectivity index (χ4v) is 3.36. The molecule has 1 atom stereocenters. The van der Waals surface area contributed by atoms with Crippen LogP contribution in [-0.4, -0.2) is 16.9 Å². The number of carbonyl (C=O) groups excluding carboxylic acids is 1. The van der Waals surface area contributed by atoms with Gasteiger partial charge in [-0.15, -0.1) is 0 Å². The molecule has 0 spiro atoms. The standard InChI is InChI=1S/C21H26N2O2/c1-16(17-8-4-2-5-9-17)23-21(24)18-12-13-19(22-14-18)15-25-20-10-6-3-7-11-20/h3,6-7,10-14,16-17H,2,4-5,8-9,15H2,1H3,(H,23,24)/t16-/m1/s1. The van der Waals surface area contributed by atoms with Crippen molar-refractivity contribution in [1.29, 1.82) is 0 Å². The molecule has 1 amide bonds. The molecule has 0 radical (unpaired) electrons. The number of amides is 1. The molecule has 1 saturated carbocycles. The fourth-order valence-electron chi connectivity index (χ4n) is 3.36. The van der Waals surface area contributed by atoms with Gasteiger partial charge in [-0.3, -0.25) is 9.78 Å². The van der Waals surface area contributed by atoms with Gasteiger partial charge in [0.05, 0.1) is 11.3 Å². The first kappa shape index (κ1) is 17.5. The van der Waals surface area contributed by atoms with Gasteiger partial charge in [-0.25, -0.2) is 0 Å². The lowest BCUT2D eigenvalue weighted by molar-refractivity contribution is 0.0919. The molecule has 3 rings (SSSR count). The number of pyridine rings is 1. The molecule has 1 fully saturated rings. The lowest BCUT2D eigenvalue weighted by atomic mass is 9.84. The summed E-state index contributed by atoms with van der Waals surface area (Å²) in [6, 6.07) is 13.5. The summed E-state index contributed by atoms with van der Waals surface area (Å²) in [7, 11) is 0. The summed E-state index contributed by atoms with van der Waals surface area (Å²) < 4.78 is 5.67. The van der Waals surface area contributed by atoms with Gasteiger partial charge < -0.3 is 10.1 Å². The van der Waals surface area contributed by atoms with Crippen molar-refractivity contribution in [3.05, 3.63) is 59.9 Å². The molecule has 2 aromatic rings. The van der Waals surface area contributed by atoms with E-state index in [0.29, 0.717) is 18.1 Å². The first-order chi connectivity index (χ1) is 12.2. The molecular formula is C21H26N2O2. The highest BCUT2D eigenvalue weighted by molar-refractivity contribution is 5.94. The second-order valence-electron chi connectivity index (χ2n) is 6.80. The number of para-hydroxylation sites is 1. The van der Waals surface area contributed by atoms with Crippen LogP contribution in [0.15, 0.2) is 48.7 Å². The Hall–Kier alpha value is -2.36. The van der Waals surface area contributed by atoms with Gasteiger partial charge in [0.1, 0.15) is 12.4 Å². The molecule has 4 heteroatoms. The number of carbonyl (C=O) groups is 1. The number of hydrogen-bond acceptors (Lipinski definition) is 3. The Balaban J connectivity index is 1.51. The molecule has 132 valence electrons. The van der Waals surface area contributed by atoms with E-state index in [9.17, 15) is 4.79 Å². The zero-order valence-corrected chi connectivity index (χ0v) is 14.8. The number of hydrogen-bond donors (Lipinski definition) is 1. The maximum absolute atomic E-state index is 12.4. The largest absolute Gasteiger partial charge is 0.487 e. The smallest absolute Gasteiger partial charge is 0.253 e. The van der Waals surface area contributed by atoms with Crippen molar-refractivity contribution in [2.75, 3.05) is 0 Å². The number of rotatable bonds is 6. The first-order valence-corrected chi connectivity index (χ1v) is 9.16. The average molecular weight is 338 g/mol. The number of ether oxygens (including phenoxy) is 1. The predicted octanol–water partition coefficient (Wildman–Crippen LogP) is 4.36. The van der Waals surface area contributed by atoms with Crippen LogP contribution in [0.4, 0.5) is 0 Å². The summed E-state index contributed by atoms with van der Waals surface area (Å²) in [5.74, 6) is 1.37. The van der Waals surface area contributed by atoms with Crippen molar-refractivity contribution >= 4 is 5.91 Å². The van der Waals surface area contributed by atoms with Gasteiger partial charge >= 0.3 is 0 Å². The second kappa shape index (κ2) is 8.65. The quantitative estimate of drug-likeness (QED) is 0.851. The molecule has 0 aliphatic heterocycles. The van der Waals surface area contributed by atoms with E-state index in [-0.39, 0.29) is 11.9 Å². The Morgan fingerprint density at radius 3 is 2.60 bits per heavy atom. The van der Waals surface area contributed by atoms with Crippen molar-refractivity contribution in [1.82, 2.24) is 10.3 Å². The zero-order valence-electron chi connectivity index (χ0n) is 14.8. The van der Waals surface area contributed by atoms with Crippen molar-refractivity contribution in [3.63, 3.8) is 0 Å². The average Bonchev–Trinajstić information content (AvgIpc) is 2.68. The number of aromatic nitrogens is 1. The van der Waals surface area contributed by atoms with Gasteiger partial charge in [0.2, 0.25) is 0 Å². The van der Waals surface area contributed by atoms with E-state index in [1.807, 2.05) is 42.5 Å². The summed E-state index contributed by atoms with van der Waals surface area (Å²) >= 11 is 0. The Morgan fingerprint density at radius 2 is 1.92 bits per heavy atom. The molecule has 1 heterocycles. The van der Waals surface area contributed by atoms with E-state index < -0.39 is 0 Å². The van der Waals surface area contributed by atoms with Gasteiger partial charge in [-0.05, 0) is 49.9 Å². The summed E-state index contributed by atoms with van der Waals surface area (Å²) in [4.78, 5) is 16.8. The van der Waals surface area contributed by atoms with Gasteiger partial charge in [-0.2, -0.15) is 0 Å². The minimum absolute atomic E-state index is 0.0406. The molecule has 0 unspecified atom stereocenters. The topological polar surface area (TPSA) is 51.2 Å². The zero-order chi connectivity index (χ0) is 17.5. The molecule has 1 aromatic carbocycles. The normalized spacial score (nSPS) is 16.2. The Morgan fingerprint density at radius 1 is 1.16 bits per heavy atom. The van der Waals surface area contributed by atoms with Crippen LogP contribution in [0.25, 0.3) is 0 Å². The highest BCUT2D eigenvalue weighted by Gasteiger charge is 2.21. The van der Waals surface area contributed by atoms with Crippen LogP contribution < -0.4 is 10.1 Å². The van der Waals surface area contributed by atoms with E-state index >= 15 is 0 Å². The fraction of sp³-hybridized carbons (Fsp3) is 0.429. The van der Waals surface area contributed by atoms with Crippen molar-refractivity contribution in [2.24, 2.45) is 5.92 Å². The summed E-state index contributed by atoms with van der Waals surface area (Å²) in [6.45, 7) is 2.51. The summed E-state index contributed by atoms with van der Waals surface area (Å²) in [5.41, 5.74) is 1.41. The Bertz CT molecular complexity index is 664. The van der Waals surface area contributed by atoms with Crippen molar-refractivity contribution in [2.45, 2.75) is 51.7 Å². The third-order valence-corrected chi connectivity index (χ3v) is 4.93. The van der Waals surface area contributed by atoms with Crippen LogP contribution in [0.5, 0.6) is 5.75 Å². The molecule has 25 heavy (non-hydrogen) atoms. The summed E-state index contributed by atoms with van der Waals surface area (Å²) in [5, 5.41) is 3.13. The van der Waals surface area contributed by atoms with Crippen molar-refractivity contribution < 1.29 is 9.53 Å². The molecule has 1 aromatic heterocycles. The minimum Gasteiger partial charge on any atom is -0.487 e. The maximum atomic E-state index is 12.4. The van der Waals surface area contributed by atoms with Crippen LogP contribution in [0, 0.1) is 5.92 Å². The molecule has 1 aliphatic carbocycles. The Labute approximate surface area is 149 Å². The van der Waals surface area contributed by atoms with Crippen LogP contribution in [0.1, 0.15) is 55.1 Å². The third kappa shape index (κ3) is 5.05. The van der Waals surface area contributed by atoms with E-state index in [2.05, 4.69) is 17.2 Å². The maximum Gasteiger partial charge on any atom is 0.253 e. The molecule has 1 aliphatic rings. The first-order valence-electron chi connectivity index (χ1n) is 9.16. The lowest BCUT2D eigenvalue weighted by Crippen LogP contribution is -2.38. The molecular weight excluding hydrogens is 312 g/mol. The second-order valence-corrected chi connectivity index (χ2v) is 6.80. The van der Waals surface area contributed by atoms with Gasteiger partial charge in [0, 0.05) is 12.2 Å². The third-order valence-electron chi connectivity index (χ3n) is 4.93. The number of nitrogens with zero attached hydrogens (tertiary/aromatic N) is 1. The van der Waals surface area contributed by atoms with Crippen LogP contribution in [0.3, 0.4) is 0 Å². The molecule has 1 N–H and O–H groups in total. The summed E-state index contributed by atoms with van der Waals surface area (Å²) in [6.07, 6.45) is 7.95. The highest BCUT2D eigenvalue weighted by atomic mass is 16.5. The lowest BCUT2D eigenvalue weighted by Gasteiger charge is -2.28. The molecule has 0 bridgehead atoms. The van der Waals surface area contributed by atoms with E-state index in [1.165, 1.54) is 32.1 Å². The number of benzene rings is 1. The van der Waals surface area contributed by atoms with Crippen LogP contribution in [0.2, 0.25) is 0 Å². The monoisotopic (exact) mass is 338 g/mol. The number of nitrogens with one attached hydrogen (secondary N) is 1. The highest BCUT2D eigenvalue weighted by Crippen LogP contribution is 2.26. The molecule has 0 saturated heterocycles. The predicted molar refractivity (Wildman–Crippen MR) is 98.5 cm³/mol. The van der Waals surface area contributed by atoms with Gasteiger partial charge in [0.15, 0.2) is 0 Å². The van der Waals surface area contributed by atoms with Gasteiger partial charge in [0.25, 0.3) is 5.91 Å². The van der Waals surface area contributed by atoms with Crippen LogP contribution in [-0.2, 0) is 6.61 Å². The Kier molecular flexibility index (Phi) is 6.04. The van der Waals surface area contributed by atoms with E-state index in [1.54, 1.807) is 6.20 Å². The van der Waals surface area contributed by atoms with Crippen LogP contribution >= 0.6 is 0 Å². The van der Waals surface area contributed by atoms with E-state index in [4.69, 9.17) is 4.74 Å². The minimum atomic E-state index is -0.0406. The van der Waals surface area contributed by atoms with Crippen molar-refractivity contribution in [3.8, 4) is 5.75 Å². The molecule has 4 nitrogen and oxygen atoms in total. The SMILES string of the molecule is C[C@@H](NC(=O)c1ccc(COc2ccccc2)nc1)C1CCCCC1.